The highest BCUT2D eigenvalue weighted by molar-refractivity contribution is 7.98. The van der Waals surface area contributed by atoms with Crippen molar-refractivity contribution in [2.45, 2.75) is 25.4 Å². The number of nitrogens with one attached hydrogen (secondary N) is 3. The third-order valence-corrected chi connectivity index (χ3v) is 6.05. The average Bonchev–Trinajstić information content (AvgIpc) is 3.28. The lowest BCUT2D eigenvalue weighted by Crippen LogP contribution is -3.12. The number of fused-ring (bicyclic) bond motifs is 1. The van der Waals surface area contributed by atoms with Gasteiger partial charge in [0.2, 0.25) is 0 Å². The Morgan fingerprint density at radius 3 is 2.57 bits per heavy atom. The number of quaternary nitrogens is 1. The predicted octanol–water partition coefficient (Wildman–Crippen LogP) is 1.25. The number of hydrogen-bond donors (Lipinski definition) is 3. The molecule has 0 aliphatic carbocycles. The zero-order valence-electron chi connectivity index (χ0n) is 16.0. The molecule has 0 spiro atoms. The van der Waals surface area contributed by atoms with Gasteiger partial charge in [0.15, 0.2) is 0 Å². The van der Waals surface area contributed by atoms with Gasteiger partial charge < -0.3 is 15.5 Å². The second kappa shape index (κ2) is 9.45. The van der Waals surface area contributed by atoms with Crippen LogP contribution in [0.4, 0.5) is 5.82 Å². The van der Waals surface area contributed by atoms with Crippen molar-refractivity contribution in [3.05, 3.63) is 40.5 Å². The molecule has 2 amide bonds. The minimum absolute atomic E-state index is 0.466. The van der Waals surface area contributed by atoms with Crippen molar-refractivity contribution in [1.29, 1.82) is 0 Å². The first-order valence-electron chi connectivity index (χ1n) is 9.40. The van der Waals surface area contributed by atoms with Crippen LogP contribution in [0.2, 0.25) is 5.02 Å². The van der Waals surface area contributed by atoms with Crippen LogP contribution >= 0.6 is 23.4 Å². The molecular weight excluding hydrogens is 398 g/mol. The molecule has 0 saturated heterocycles. The van der Waals surface area contributed by atoms with Gasteiger partial charge in [0.05, 0.1) is 37.6 Å². The minimum Gasteiger partial charge on any atom is -0.342 e. The van der Waals surface area contributed by atoms with Crippen LogP contribution in [-0.2, 0) is 21.1 Å². The third kappa shape index (κ3) is 4.68. The molecule has 0 bridgehead atoms. The number of likely N-dealkylation sites (N-methyl/N-ethyl adjacent to an activating group) is 1. The number of thioether (sulfide) groups is 1. The van der Waals surface area contributed by atoms with Crippen LogP contribution in [0.1, 0.15) is 25.1 Å². The Kier molecular flexibility index (Phi) is 6.98. The fourth-order valence-corrected chi connectivity index (χ4v) is 4.27. The number of nitrogens with zero attached hydrogens (tertiary/aromatic N) is 2. The summed E-state index contributed by atoms with van der Waals surface area (Å²) in [6.07, 6.45) is 0. The summed E-state index contributed by atoms with van der Waals surface area (Å²) < 4.78 is 1.67. The Labute approximate surface area is 173 Å². The first-order valence-corrected chi connectivity index (χ1v) is 10.9. The number of benzene rings is 1. The van der Waals surface area contributed by atoms with Crippen molar-refractivity contribution in [2.24, 2.45) is 0 Å². The molecule has 0 atom stereocenters. The fraction of sp³-hybridized carbons (Fsp3) is 0.421. The molecule has 28 heavy (non-hydrogen) atoms. The highest BCUT2D eigenvalue weighted by atomic mass is 35.5. The van der Waals surface area contributed by atoms with Gasteiger partial charge in [-0.2, -0.15) is 16.9 Å². The first kappa shape index (κ1) is 20.7. The van der Waals surface area contributed by atoms with E-state index in [-0.39, 0.29) is 0 Å². The Morgan fingerprint density at radius 1 is 1.18 bits per heavy atom. The number of hydrogen-bond acceptors (Lipinski definition) is 4. The maximum absolute atomic E-state index is 12.5. The number of amides is 2. The zero-order valence-corrected chi connectivity index (χ0v) is 17.6. The van der Waals surface area contributed by atoms with Gasteiger partial charge in [-0.25, -0.2) is 4.68 Å². The number of carbonyl (C=O) groups excluding carboxylic acids is 2. The van der Waals surface area contributed by atoms with Crippen molar-refractivity contribution >= 4 is 41.0 Å². The van der Waals surface area contributed by atoms with Crippen molar-refractivity contribution < 1.29 is 14.5 Å². The van der Waals surface area contributed by atoms with E-state index in [0.29, 0.717) is 17.4 Å². The monoisotopic (exact) mass is 422 g/mol. The summed E-state index contributed by atoms with van der Waals surface area (Å²) in [5, 5.41) is 10.7. The van der Waals surface area contributed by atoms with Gasteiger partial charge in [-0.15, -0.1) is 0 Å². The first-order chi connectivity index (χ1) is 13.5. The van der Waals surface area contributed by atoms with Crippen molar-refractivity contribution in [1.82, 2.24) is 15.1 Å². The van der Waals surface area contributed by atoms with E-state index in [4.69, 9.17) is 11.6 Å². The molecule has 0 radical (unpaired) electrons. The van der Waals surface area contributed by atoms with E-state index in [2.05, 4.69) is 29.6 Å². The second-order valence-corrected chi connectivity index (χ2v) is 7.99. The Hall–Kier alpha value is -2.03. The fourth-order valence-electron chi connectivity index (χ4n) is 3.11. The van der Waals surface area contributed by atoms with Crippen molar-refractivity contribution in [3.8, 4) is 5.69 Å². The summed E-state index contributed by atoms with van der Waals surface area (Å²) in [5.74, 6) is 0.791. The topological polar surface area (TPSA) is 80.5 Å². The number of halogens is 1. The molecule has 0 fully saturated rings. The van der Waals surface area contributed by atoms with E-state index in [1.54, 1.807) is 28.6 Å². The number of rotatable bonds is 7. The summed E-state index contributed by atoms with van der Waals surface area (Å²) in [7, 11) is 0. The second-order valence-electron chi connectivity index (χ2n) is 6.57. The average molecular weight is 423 g/mol. The summed E-state index contributed by atoms with van der Waals surface area (Å²) >= 11 is 7.71. The molecule has 0 saturated carbocycles. The summed E-state index contributed by atoms with van der Waals surface area (Å²) in [5.41, 5.74) is 2.68. The largest absolute Gasteiger partial charge is 0.342 e. The van der Waals surface area contributed by atoms with Crippen LogP contribution in [0.25, 0.3) is 5.69 Å². The van der Waals surface area contributed by atoms with E-state index < -0.39 is 11.8 Å². The third-order valence-electron chi connectivity index (χ3n) is 4.83. The molecule has 9 heteroatoms. The minimum atomic E-state index is -0.677. The molecule has 3 rings (SSSR count). The van der Waals surface area contributed by atoms with Gasteiger partial charge in [-0.1, -0.05) is 11.6 Å². The Balaban J connectivity index is 1.72. The zero-order chi connectivity index (χ0) is 20.1. The molecule has 1 aromatic carbocycles. The van der Waals surface area contributed by atoms with Crippen LogP contribution in [-0.4, -0.2) is 47.8 Å². The van der Waals surface area contributed by atoms with E-state index in [1.165, 1.54) is 4.90 Å². The summed E-state index contributed by atoms with van der Waals surface area (Å²) in [6.45, 7) is 7.44. The predicted molar refractivity (Wildman–Crippen MR) is 112 cm³/mol. The molecular formula is C19H25ClN5O2S+. The lowest BCUT2D eigenvalue weighted by Gasteiger charge is -2.15. The molecule has 2 heterocycles. The molecule has 3 N–H and O–H groups in total. The van der Waals surface area contributed by atoms with E-state index in [1.807, 2.05) is 12.1 Å². The van der Waals surface area contributed by atoms with Crippen LogP contribution in [0.5, 0.6) is 0 Å². The van der Waals surface area contributed by atoms with Gasteiger partial charge in [0.1, 0.15) is 5.82 Å². The SMILES string of the molecule is CC[NH+](CC)CCNC(=O)C(=O)Nc1c2c(nn1-c1ccc(Cl)cc1)CSC2. The quantitative estimate of drug-likeness (QED) is 0.587. The molecule has 7 nitrogen and oxygen atoms in total. The van der Waals surface area contributed by atoms with E-state index in [0.717, 1.165) is 48.1 Å². The summed E-state index contributed by atoms with van der Waals surface area (Å²) in [6, 6.07) is 7.21. The highest BCUT2D eigenvalue weighted by Crippen LogP contribution is 2.36. The van der Waals surface area contributed by atoms with E-state index in [9.17, 15) is 9.59 Å². The smallest absolute Gasteiger partial charge is 0.314 e. The Morgan fingerprint density at radius 2 is 1.89 bits per heavy atom. The lowest BCUT2D eigenvalue weighted by atomic mass is 10.2. The van der Waals surface area contributed by atoms with Crippen LogP contribution in [0.15, 0.2) is 24.3 Å². The lowest BCUT2D eigenvalue weighted by molar-refractivity contribution is -0.895. The maximum atomic E-state index is 12.5. The number of aromatic nitrogens is 2. The molecule has 0 unspecified atom stereocenters. The van der Waals surface area contributed by atoms with Gasteiger partial charge >= 0.3 is 11.8 Å². The van der Waals surface area contributed by atoms with Crippen LogP contribution in [0.3, 0.4) is 0 Å². The summed E-state index contributed by atoms with van der Waals surface area (Å²) in [4.78, 5) is 26.1. The maximum Gasteiger partial charge on any atom is 0.314 e. The van der Waals surface area contributed by atoms with Gasteiger partial charge in [0.25, 0.3) is 0 Å². The molecule has 2 aromatic rings. The van der Waals surface area contributed by atoms with E-state index >= 15 is 0 Å². The van der Waals surface area contributed by atoms with Crippen molar-refractivity contribution in [2.75, 3.05) is 31.5 Å². The molecule has 150 valence electrons. The standard InChI is InChI=1S/C19H24ClN5O2S/c1-3-24(4-2)10-9-21-18(26)19(27)22-17-15-11-28-12-16(15)23-25(17)14-7-5-13(20)6-8-14/h5-8H,3-4,9-12H2,1-2H3,(H,21,26)(H,22,27)/p+1. The highest BCUT2D eigenvalue weighted by Gasteiger charge is 2.26. The van der Waals surface area contributed by atoms with Crippen LogP contribution < -0.4 is 15.5 Å². The number of anilines is 1. The molecule has 1 aliphatic rings. The van der Waals surface area contributed by atoms with Crippen LogP contribution in [0, 0.1) is 0 Å². The van der Waals surface area contributed by atoms with Gasteiger partial charge in [0, 0.05) is 22.1 Å². The van der Waals surface area contributed by atoms with Gasteiger partial charge in [-0.05, 0) is 38.1 Å². The molecule has 1 aromatic heterocycles. The Bertz CT molecular complexity index is 849. The van der Waals surface area contributed by atoms with Gasteiger partial charge in [-0.3, -0.25) is 9.59 Å². The van der Waals surface area contributed by atoms with Crippen molar-refractivity contribution in [3.63, 3.8) is 0 Å². The number of carbonyl (C=O) groups is 2. The molecule has 1 aliphatic heterocycles. The normalized spacial score (nSPS) is 12.9.